The van der Waals surface area contributed by atoms with Crippen molar-refractivity contribution >= 4 is 0 Å². The number of hydrogen-bond donors (Lipinski definition) is 1. The fourth-order valence-electron chi connectivity index (χ4n) is 1.08. The van der Waals surface area contributed by atoms with Crippen LogP contribution in [0, 0.1) is 12.3 Å². The number of terminal acetylenes is 1. The first-order valence-corrected chi connectivity index (χ1v) is 4.41. The molecule has 1 rings (SSSR count). The van der Waals surface area contributed by atoms with Crippen LogP contribution in [-0.2, 0) is 6.54 Å². The number of rotatable bonds is 5. The highest BCUT2D eigenvalue weighted by Crippen LogP contribution is 2.00. The van der Waals surface area contributed by atoms with Crippen molar-refractivity contribution in [2.24, 2.45) is 0 Å². The summed E-state index contributed by atoms with van der Waals surface area (Å²) in [5.41, 5.74) is 0. The second kappa shape index (κ2) is 5.39. The van der Waals surface area contributed by atoms with E-state index in [9.17, 15) is 0 Å². The first-order chi connectivity index (χ1) is 6.36. The van der Waals surface area contributed by atoms with Crippen molar-refractivity contribution in [2.45, 2.75) is 32.4 Å². The maximum atomic E-state index is 5.23. The van der Waals surface area contributed by atoms with E-state index in [1.54, 1.807) is 6.20 Å². The molecule has 0 saturated carbocycles. The molecule has 1 aromatic heterocycles. The lowest BCUT2D eigenvalue weighted by Crippen LogP contribution is -2.27. The predicted octanol–water partition coefficient (Wildman–Crippen LogP) is 1.57. The third kappa shape index (κ3) is 3.30. The Kier molecular flexibility index (Phi) is 4.07. The highest BCUT2D eigenvalue weighted by molar-refractivity contribution is 4.92. The van der Waals surface area contributed by atoms with Gasteiger partial charge in [0.05, 0.1) is 12.7 Å². The van der Waals surface area contributed by atoms with Gasteiger partial charge in [0.25, 0.3) is 0 Å². The summed E-state index contributed by atoms with van der Waals surface area (Å²) in [4.78, 5) is 3.82. The Bertz CT molecular complexity index is 261. The Labute approximate surface area is 78.5 Å². The molecular weight excluding hydrogens is 164 g/mol. The maximum absolute atomic E-state index is 5.23. The Balaban J connectivity index is 2.28. The summed E-state index contributed by atoms with van der Waals surface area (Å²) in [5.74, 6) is 3.48. The van der Waals surface area contributed by atoms with Crippen LogP contribution in [0.3, 0.4) is 0 Å². The third-order valence-electron chi connectivity index (χ3n) is 1.91. The van der Waals surface area contributed by atoms with Crippen molar-refractivity contribution in [1.29, 1.82) is 0 Å². The minimum absolute atomic E-state index is 0.370. The first kappa shape index (κ1) is 9.82. The number of nitrogens with zero attached hydrogens (tertiary/aromatic N) is 1. The van der Waals surface area contributed by atoms with Crippen LogP contribution in [-0.4, -0.2) is 11.0 Å². The average molecular weight is 178 g/mol. The van der Waals surface area contributed by atoms with E-state index < -0.39 is 0 Å². The van der Waals surface area contributed by atoms with Gasteiger partial charge in [0.1, 0.15) is 5.76 Å². The predicted molar refractivity (Wildman–Crippen MR) is 50.9 cm³/mol. The zero-order valence-electron chi connectivity index (χ0n) is 7.79. The smallest absolute Gasteiger partial charge is 0.180 e. The van der Waals surface area contributed by atoms with Crippen LogP contribution in [0.1, 0.15) is 25.5 Å². The van der Waals surface area contributed by atoms with Gasteiger partial charge >= 0.3 is 0 Å². The molecule has 3 nitrogen and oxygen atoms in total. The van der Waals surface area contributed by atoms with Crippen molar-refractivity contribution in [3.05, 3.63) is 18.4 Å². The van der Waals surface area contributed by atoms with Gasteiger partial charge in [0.2, 0.25) is 0 Å². The van der Waals surface area contributed by atoms with Crippen LogP contribution < -0.4 is 5.32 Å². The molecule has 0 radical (unpaired) electrons. The quantitative estimate of drug-likeness (QED) is 0.695. The largest absolute Gasteiger partial charge is 0.447 e. The van der Waals surface area contributed by atoms with Gasteiger partial charge in [0.15, 0.2) is 6.39 Å². The standard InChI is InChI=1S/C10H14N2O/c1-3-5-9(4-2)12-7-10-6-11-8-13-10/h1,6,8-9,12H,4-5,7H2,2H3. The van der Waals surface area contributed by atoms with Crippen LogP contribution in [0.15, 0.2) is 17.0 Å². The van der Waals surface area contributed by atoms with Gasteiger partial charge in [-0.3, -0.25) is 0 Å². The van der Waals surface area contributed by atoms with E-state index in [4.69, 9.17) is 10.8 Å². The van der Waals surface area contributed by atoms with Crippen LogP contribution in [0.25, 0.3) is 0 Å². The highest BCUT2D eigenvalue weighted by Gasteiger charge is 2.04. The molecule has 0 aliphatic rings. The fraction of sp³-hybridized carbons (Fsp3) is 0.500. The minimum atomic E-state index is 0.370. The molecule has 0 aliphatic heterocycles. The molecule has 0 spiro atoms. The topological polar surface area (TPSA) is 38.1 Å². The van der Waals surface area contributed by atoms with Gasteiger partial charge in [-0.1, -0.05) is 6.92 Å². The second-order valence-corrected chi connectivity index (χ2v) is 2.86. The molecule has 0 fully saturated rings. The Morgan fingerprint density at radius 1 is 1.77 bits per heavy atom. The van der Waals surface area contributed by atoms with Crippen LogP contribution in [0.5, 0.6) is 0 Å². The number of oxazole rings is 1. The van der Waals surface area contributed by atoms with Crippen molar-refractivity contribution in [3.63, 3.8) is 0 Å². The van der Waals surface area contributed by atoms with E-state index >= 15 is 0 Å². The lowest BCUT2D eigenvalue weighted by Gasteiger charge is -2.12. The van der Waals surface area contributed by atoms with Crippen molar-refractivity contribution in [1.82, 2.24) is 10.3 Å². The van der Waals surface area contributed by atoms with E-state index in [2.05, 4.69) is 23.1 Å². The number of aromatic nitrogens is 1. The average Bonchev–Trinajstić information content (AvgIpc) is 2.64. The molecule has 1 heterocycles. The molecule has 0 saturated heterocycles. The first-order valence-electron chi connectivity index (χ1n) is 4.41. The van der Waals surface area contributed by atoms with Crippen molar-refractivity contribution in [3.8, 4) is 12.3 Å². The molecule has 0 aromatic carbocycles. The number of hydrogen-bond acceptors (Lipinski definition) is 3. The third-order valence-corrected chi connectivity index (χ3v) is 1.91. The Morgan fingerprint density at radius 2 is 2.62 bits per heavy atom. The SMILES string of the molecule is C#CCC(CC)NCc1cnco1. The molecule has 13 heavy (non-hydrogen) atoms. The zero-order chi connectivity index (χ0) is 9.52. The van der Waals surface area contributed by atoms with Crippen LogP contribution in [0.4, 0.5) is 0 Å². The monoisotopic (exact) mass is 178 g/mol. The van der Waals surface area contributed by atoms with Gasteiger partial charge in [-0.25, -0.2) is 4.98 Å². The molecule has 70 valence electrons. The summed E-state index contributed by atoms with van der Waals surface area (Å²) in [6.45, 7) is 2.80. The molecule has 1 unspecified atom stereocenters. The summed E-state index contributed by atoms with van der Waals surface area (Å²) in [7, 11) is 0. The van der Waals surface area contributed by atoms with E-state index in [0.29, 0.717) is 12.6 Å². The lowest BCUT2D eigenvalue weighted by atomic mass is 10.1. The molecule has 0 aliphatic carbocycles. The minimum Gasteiger partial charge on any atom is -0.447 e. The van der Waals surface area contributed by atoms with E-state index in [0.717, 1.165) is 18.6 Å². The number of nitrogens with one attached hydrogen (secondary N) is 1. The van der Waals surface area contributed by atoms with E-state index in [-0.39, 0.29) is 0 Å². The Hall–Kier alpha value is -1.27. The van der Waals surface area contributed by atoms with Gasteiger partial charge < -0.3 is 9.73 Å². The second-order valence-electron chi connectivity index (χ2n) is 2.86. The molecule has 1 aromatic rings. The fourth-order valence-corrected chi connectivity index (χ4v) is 1.08. The zero-order valence-corrected chi connectivity index (χ0v) is 7.79. The summed E-state index contributed by atoms with van der Waals surface area (Å²) in [6, 6.07) is 0.370. The van der Waals surface area contributed by atoms with Gasteiger partial charge in [-0.2, -0.15) is 0 Å². The van der Waals surface area contributed by atoms with E-state index in [1.807, 2.05) is 0 Å². The molecule has 1 atom stereocenters. The van der Waals surface area contributed by atoms with Crippen LogP contribution >= 0.6 is 0 Å². The molecular formula is C10H14N2O. The summed E-state index contributed by atoms with van der Waals surface area (Å²) in [5, 5.41) is 3.30. The maximum Gasteiger partial charge on any atom is 0.180 e. The molecule has 0 amide bonds. The summed E-state index contributed by atoms with van der Waals surface area (Å²) < 4.78 is 5.08. The van der Waals surface area contributed by atoms with Crippen molar-refractivity contribution in [2.75, 3.05) is 0 Å². The van der Waals surface area contributed by atoms with Gasteiger partial charge in [-0.15, -0.1) is 12.3 Å². The Morgan fingerprint density at radius 3 is 3.15 bits per heavy atom. The molecule has 1 N–H and O–H groups in total. The lowest BCUT2D eigenvalue weighted by molar-refractivity contribution is 0.438. The summed E-state index contributed by atoms with van der Waals surface area (Å²) >= 11 is 0. The summed E-state index contributed by atoms with van der Waals surface area (Å²) in [6.07, 6.45) is 10.1. The molecule has 0 bridgehead atoms. The van der Waals surface area contributed by atoms with Crippen molar-refractivity contribution < 1.29 is 4.42 Å². The van der Waals surface area contributed by atoms with Gasteiger partial charge in [0, 0.05) is 12.5 Å². The van der Waals surface area contributed by atoms with Crippen LogP contribution in [0.2, 0.25) is 0 Å². The normalized spacial score (nSPS) is 12.3. The molecule has 3 heteroatoms. The van der Waals surface area contributed by atoms with Gasteiger partial charge in [-0.05, 0) is 6.42 Å². The highest BCUT2D eigenvalue weighted by atomic mass is 16.3. The van der Waals surface area contributed by atoms with E-state index in [1.165, 1.54) is 6.39 Å².